The molecule has 13 heteroatoms. The molecule has 1 heterocycles. The van der Waals surface area contributed by atoms with Crippen LogP contribution in [0.15, 0.2) is 0 Å². The Morgan fingerprint density at radius 1 is 1.09 bits per heavy atom. The zero-order valence-corrected chi connectivity index (χ0v) is 29.7. The van der Waals surface area contributed by atoms with E-state index in [1.807, 2.05) is 46.6 Å². The minimum absolute atomic E-state index is 0.137. The maximum atomic E-state index is 14.4. The van der Waals surface area contributed by atoms with E-state index < -0.39 is 63.4 Å². The number of piperidine rings is 1. The van der Waals surface area contributed by atoms with E-state index in [4.69, 9.17) is 5.73 Å². The van der Waals surface area contributed by atoms with Gasteiger partial charge in [0.2, 0.25) is 11.8 Å². The number of likely N-dealkylation sites (N-methyl/N-ethyl adjacent to an activating group) is 1. The smallest absolute Gasteiger partial charge is 0.316 e. The highest BCUT2D eigenvalue weighted by Crippen LogP contribution is 2.95. The van der Waals surface area contributed by atoms with Crippen LogP contribution in [0.25, 0.3) is 0 Å². The molecule has 7 atom stereocenters. The summed E-state index contributed by atoms with van der Waals surface area (Å²) in [6, 6.07) is -2.40. The number of carbonyl (C=O) groups excluding carboxylic acids is 6. The summed E-state index contributed by atoms with van der Waals surface area (Å²) in [6.07, 6.45) is 5.03. The fraction of sp³-hybridized carbons (Fsp3) is 0.818. The molecule has 0 bridgehead atoms. The predicted molar refractivity (Wildman–Crippen MR) is 176 cm³/mol. The molecular formula is C33H54N6O6S. The number of thioether (sulfide) groups is 1. The molecule has 12 nitrogen and oxygen atoms in total. The molecule has 4 aliphatic rings. The Bertz CT molecular complexity index is 1260. The number of hydrogen-bond acceptors (Lipinski definition) is 8. The van der Waals surface area contributed by atoms with E-state index in [0.29, 0.717) is 18.6 Å². The van der Waals surface area contributed by atoms with Crippen LogP contribution in [-0.2, 0) is 24.0 Å². The summed E-state index contributed by atoms with van der Waals surface area (Å²) in [4.78, 5) is 82.1. The number of aldehydes is 1. The van der Waals surface area contributed by atoms with Crippen molar-refractivity contribution in [3.63, 3.8) is 0 Å². The number of nitrogens with one attached hydrogen (secondary N) is 3. The van der Waals surface area contributed by atoms with Gasteiger partial charge in [0.25, 0.3) is 11.7 Å². The first-order chi connectivity index (χ1) is 21.2. The van der Waals surface area contributed by atoms with Crippen molar-refractivity contribution in [1.29, 1.82) is 0 Å². The summed E-state index contributed by atoms with van der Waals surface area (Å²) < 4.78 is 0. The first-order valence-corrected chi connectivity index (χ1v) is 17.6. The number of rotatable bonds is 16. The lowest BCUT2D eigenvalue weighted by molar-refractivity contribution is -0.144. The molecule has 3 aliphatic carbocycles. The molecule has 258 valence electrons. The van der Waals surface area contributed by atoms with Crippen LogP contribution in [0.4, 0.5) is 4.79 Å². The zero-order chi connectivity index (χ0) is 34.6. The molecule has 3 saturated carbocycles. The lowest BCUT2D eigenvalue weighted by Gasteiger charge is -2.38. The Kier molecular flexibility index (Phi) is 10.0. The molecule has 4 fully saturated rings. The van der Waals surface area contributed by atoms with Crippen LogP contribution in [0.2, 0.25) is 0 Å². The van der Waals surface area contributed by atoms with Crippen molar-refractivity contribution in [3.8, 4) is 0 Å². The molecule has 1 spiro atoms. The fourth-order valence-electron chi connectivity index (χ4n) is 7.92. The lowest BCUT2D eigenvalue weighted by Crippen LogP contribution is -2.63. The number of urea groups is 1. The third-order valence-corrected chi connectivity index (χ3v) is 12.1. The van der Waals surface area contributed by atoms with E-state index in [-0.39, 0.29) is 29.8 Å². The number of likely N-dealkylation sites (tertiary alicyclic amines) is 1. The highest BCUT2D eigenvalue weighted by molar-refractivity contribution is 8.00. The second-order valence-corrected chi connectivity index (χ2v) is 17.4. The second-order valence-electron chi connectivity index (χ2n) is 16.1. The standard InChI is InChI=1S/C33H54N6O6S/c1-18(2)38(9)16-32(8,17-40)37-29(45)35-23(30(3,4)5)28(44)39-15-20-22-31(6,7)33(20,22)24(39)26(43)36-27(21(41)25(34)42)46-14-10-11-19-12-13-19/h17-20,22-24,27H,10-16H2,1-9H3,(H2,34,42)(H,36,43)(H2,35,37,45)/t20-,22?,23-,24-,27?,32-,33?/m1/s1. The molecule has 1 saturated heterocycles. The minimum Gasteiger partial charge on any atom is -0.363 e. The van der Waals surface area contributed by atoms with Gasteiger partial charge in [0.15, 0.2) is 0 Å². The molecule has 0 aromatic heterocycles. The van der Waals surface area contributed by atoms with E-state index in [1.165, 1.54) is 24.6 Å². The monoisotopic (exact) mass is 662 g/mol. The quantitative estimate of drug-likeness (QED) is 0.0840. The van der Waals surface area contributed by atoms with Gasteiger partial charge in [0, 0.05) is 24.5 Å². The van der Waals surface area contributed by atoms with Gasteiger partial charge < -0.3 is 36.3 Å². The average molecular weight is 663 g/mol. The van der Waals surface area contributed by atoms with Crippen LogP contribution < -0.4 is 21.7 Å². The summed E-state index contributed by atoms with van der Waals surface area (Å²) in [5.74, 6) is -1.16. The van der Waals surface area contributed by atoms with Gasteiger partial charge in [-0.15, -0.1) is 11.8 Å². The van der Waals surface area contributed by atoms with Crippen molar-refractivity contribution in [2.24, 2.45) is 39.7 Å². The van der Waals surface area contributed by atoms with E-state index >= 15 is 0 Å². The van der Waals surface area contributed by atoms with Gasteiger partial charge in [-0.3, -0.25) is 19.2 Å². The average Bonchev–Trinajstić information content (AvgIpc) is 3.91. The SMILES string of the molecule is CC(C)N(C)C[C@](C)(C=O)NC(=O)N[C@H](C(=O)N1C[C@@H]2C3C(C)(C)C32[C@H]1C(=O)NC(SCCCC1CC1)C(=O)C(N)=O)C(C)(C)C. The van der Waals surface area contributed by atoms with Crippen LogP contribution in [0.1, 0.15) is 81.1 Å². The van der Waals surface area contributed by atoms with Gasteiger partial charge >= 0.3 is 6.03 Å². The van der Waals surface area contributed by atoms with Crippen molar-refractivity contribution >= 4 is 47.6 Å². The van der Waals surface area contributed by atoms with Crippen LogP contribution >= 0.6 is 11.8 Å². The highest BCUT2D eigenvalue weighted by Gasteiger charge is 2.97. The summed E-state index contributed by atoms with van der Waals surface area (Å²) in [6.45, 7) is 15.9. The van der Waals surface area contributed by atoms with E-state index in [0.717, 1.165) is 18.8 Å². The Hall–Kier alpha value is -2.67. The molecule has 0 radical (unpaired) electrons. The first kappa shape index (κ1) is 36.2. The van der Waals surface area contributed by atoms with Crippen molar-refractivity contribution < 1.29 is 28.8 Å². The molecule has 0 aromatic rings. The first-order valence-electron chi connectivity index (χ1n) is 16.5. The summed E-state index contributed by atoms with van der Waals surface area (Å²) >= 11 is 1.20. The normalized spacial score (nSPS) is 28.3. The van der Waals surface area contributed by atoms with Crippen molar-refractivity contribution in [2.75, 3.05) is 25.9 Å². The molecule has 0 aromatic carbocycles. The Labute approximate surface area is 277 Å². The largest absolute Gasteiger partial charge is 0.363 e. The van der Waals surface area contributed by atoms with Crippen LogP contribution in [0.3, 0.4) is 0 Å². The Morgan fingerprint density at radius 3 is 2.22 bits per heavy atom. The molecule has 3 unspecified atom stereocenters. The number of amides is 5. The van der Waals surface area contributed by atoms with Gasteiger partial charge in [0.1, 0.15) is 29.3 Å². The third kappa shape index (κ3) is 6.81. The number of nitrogens with two attached hydrogens (primary N) is 1. The molecule has 5 N–H and O–H groups in total. The van der Waals surface area contributed by atoms with E-state index in [1.54, 1.807) is 11.8 Å². The number of hydrogen-bond donors (Lipinski definition) is 4. The number of fused-ring (bicyclic) bond motifs is 1. The van der Waals surface area contributed by atoms with Crippen LogP contribution in [0.5, 0.6) is 0 Å². The predicted octanol–water partition coefficient (Wildman–Crippen LogP) is 1.90. The molecular weight excluding hydrogens is 608 g/mol. The van der Waals surface area contributed by atoms with Crippen molar-refractivity contribution in [3.05, 3.63) is 0 Å². The molecule has 46 heavy (non-hydrogen) atoms. The summed E-state index contributed by atoms with van der Waals surface area (Å²) in [5.41, 5.74) is 2.81. The Morgan fingerprint density at radius 2 is 1.72 bits per heavy atom. The van der Waals surface area contributed by atoms with E-state index in [2.05, 4.69) is 29.8 Å². The molecule has 4 rings (SSSR count). The number of nitrogens with zero attached hydrogens (tertiary/aromatic N) is 2. The number of Topliss-reactive ketones (excluding diaryl/α,β-unsaturated/α-hetero) is 1. The number of primary amides is 1. The number of carbonyl (C=O) groups is 6. The van der Waals surface area contributed by atoms with E-state index in [9.17, 15) is 28.8 Å². The van der Waals surface area contributed by atoms with Crippen molar-refractivity contribution in [1.82, 2.24) is 25.8 Å². The maximum Gasteiger partial charge on any atom is 0.316 e. The molecule has 5 amide bonds. The minimum atomic E-state index is -1.20. The van der Waals surface area contributed by atoms with Gasteiger partial charge in [-0.25, -0.2) is 4.79 Å². The third-order valence-electron chi connectivity index (χ3n) is 10.9. The van der Waals surface area contributed by atoms with Gasteiger partial charge in [-0.2, -0.15) is 0 Å². The maximum absolute atomic E-state index is 14.4. The van der Waals surface area contributed by atoms with Crippen LogP contribution in [-0.4, -0.2) is 101 Å². The molecule has 1 aliphatic heterocycles. The second kappa shape index (κ2) is 12.7. The number of ketones is 1. The summed E-state index contributed by atoms with van der Waals surface area (Å²) in [5, 5.41) is 7.22. The van der Waals surface area contributed by atoms with Crippen molar-refractivity contribution in [2.45, 2.75) is 110 Å². The Balaban J connectivity index is 1.52. The summed E-state index contributed by atoms with van der Waals surface area (Å²) in [7, 11) is 1.86. The fourth-order valence-corrected chi connectivity index (χ4v) is 8.95. The topological polar surface area (TPSA) is 171 Å². The van der Waals surface area contributed by atoms with Gasteiger partial charge in [-0.1, -0.05) is 47.5 Å². The van der Waals surface area contributed by atoms with Crippen LogP contribution in [0, 0.1) is 34.0 Å². The zero-order valence-electron chi connectivity index (χ0n) is 28.9. The highest BCUT2D eigenvalue weighted by atomic mass is 32.2. The van der Waals surface area contributed by atoms with Gasteiger partial charge in [-0.05, 0) is 75.0 Å². The van der Waals surface area contributed by atoms with Gasteiger partial charge in [0.05, 0.1) is 0 Å². The lowest BCUT2D eigenvalue weighted by atomic mass is 9.83.